The lowest BCUT2D eigenvalue weighted by Gasteiger charge is -2.29. The van der Waals surface area contributed by atoms with Gasteiger partial charge in [-0.05, 0) is 61.9 Å². The normalized spacial score (nSPS) is 12.4. The van der Waals surface area contributed by atoms with Gasteiger partial charge in [0.2, 0.25) is 11.8 Å². The number of hydrogen-bond donors (Lipinski definition) is 2. The largest absolute Gasteiger partial charge is 0.490 e. The number of benzene rings is 3. The molecule has 8 heteroatoms. The van der Waals surface area contributed by atoms with Gasteiger partial charge in [0, 0.05) is 17.7 Å². The molecular formula is C27H27N3O5. The first kappa shape index (κ1) is 23.8. The van der Waals surface area contributed by atoms with Crippen LogP contribution in [0.2, 0.25) is 0 Å². The Labute approximate surface area is 203 Å². The van der Waals surface area contributed by atoms with E-state index in [1.54, 1.807) is 42.5 Å². The third-order valence-electron chi connectivity index (χ3n) is 5.39. The zero-order valence-electron chi connectivity index (χ0n) is 19.5. The summed E-state index contributed by atoms with van der Waals surface area (Å²) in [7, 11) is 0. The maximum Gasteiger partial charge on any atom is 0.258 e. The number of amides is 3. The summed E-state index contributed by atoms with van der Waals surface area (Å²) in [5.41, 5.74) is 2.27. The van der Waals surface area contributed by atoms with Crippen LogP contribution in [0.1, 0.15) is 30.1 Å². The molecule has 4 rings (SSSR count). The van der Waals surface area contributed by atoms with Crippen molar-refractivity contribution in [1.29, 1.82) is 0 Å². The third-order valence-corrected chi connectivity index (χ3v) is 5.39. The van der Waals surface area contributed by atoms with E-state index >= 15 is 0 Å². The van der Waals surface area contributed by atoms with Crippen LogP contribution in [-0.4, -0.2) is 37.5 Å². The third kappa shape index (κ3) is 5.97. The first-order valence-electron chi connectivity index (χ1n) is 11.5. The van der Waals surface area contributed by atoms with Crippen molar-refractivity contribution >= 4 is 34.8 Å². The number of fused-ring (bicyclic) bond motifs is 1. The molecule has 2 N–H and O–H groups in total. The molecule has 0 saturated heterocycles. The van der Waals surface area contributed by atoms with Crippen molar-refractivity contribution in [3.63, 3.8) is 0 Å². The maximum absolute atomic E-state index is 13.0. The molecule has 3 amide bonds. The zero-order valence-corrected chi connectivity index (χ0v) is 19.5. The van der Waals surface area contributed by atoms with Crippen LogP contribution in [0.15, 0.2) is 72.8 Å². The molecule has 0 fully saturated rings. The molecule has 1 aliphatic rings. The van der Waals surface area contributed by atoms with E-state index in [1.165, 1.54) is 4.90 Å². The Hall–Kier alpha value is -4.33. The molecule has 0 aromatic heterocycles. The maximum atomic E-state index is 13.0. The molecule has 0 bridgehead atoms. The van der Waals surface area contributed by atoms with Crippen LogP contribution in [0.4, 0.5) is 17.1 Å². The van der Waals surface area contributed by atoms with E-state index in [4.69, 9.17) is 9.47 Å². The van der Waals surface area contributed by atoms with Gasteiger partial charge in [-0.25, -0.2) is 0 Å². The highest BCUT2D eigenvalue weighted by molar-refractivity contribution is 6.15. The Bertz CT molecular complexity index is 1210. The van der Waals surface area contributed by atoms with E-state index in [0.717, 1.165) is 0 Å². The Balaban J connectivity index is 1.28. The van der Waals surface area contributed by atoms with E-state index in [9.17, 15) is 14.4 Å². The summed E-state index contributed by atoms with van der Waals surface area (Å²) in [5, 5.41) is 5.60. The molecule has 0 radical (unpaired) electrons. The summed E-state index contributed by atoms with van der Waals surface area (Å²) < 4.78 is 11.3. The van der Waals surface area contributed by atoms with E-state index in [-0.39, 0.29) is 30.7 Å². The van der Waals surface area contributed by atoms with Crippen molar-refractivity contribution in [2.75, 3.05) is 35.3 Å². The first-order chi connectivity index (χ1) is 17.0. The number of hydrogen-bond acceptors (Lipinski definition) is 5. The Kier molecular flexibility index (Phi) is 7.62. The highest BCUT2D eigenvalue weighted by atomic mass is 16.5. The lowest BCUT2D eigenvalue weighted by atomic mass is 10.1. The van der Waals surface area contributed by atoms with Crippen LogP contribution in [0.5, 0.6) is 11.5 Å². The van der Waals surface area contributed by atoms with Crippen molar-refractivity contribution in [1.82, 2.24) is 0 Å². The molecule has 180 valence electrons. The van der Waals surface area contributed by atoms with Crippen LogP contribution >= 0.6 is 0 Å². The van der Waals surface area contributed by atoms with Crippen LogP contribution in [0, 0.1) is 0 Å². The minimum absolute atomic E-state index is 0.0501. The van der Waals surface area contributed by atoms with E-state index in [2.05, 4.69) is 10.6 Å². The number of nitrogens with one attached hydrogen (secondary N) is 2. The van der Waals surface area contributed by atoms with E-state index < -0.39 is 0 Å². The SMILES string of the molecule is CCOc1ccccc1OCCCC(=O)Nc1ccc(C(=O)N2CC(=O)Nc3ccccc32)cc1. The minimum Gasteiger partial charge on any atom is -0.490 e. The van der Waals surface area contributed by atoms with Crippen LogP contribution in [0.3, 0.4) is 0 Å². The summed E-state index contributed by atoms with van der Waals surface area (Å²) in [5.74, 6) is 0.667. The van der Waals surface area contributed by atoms with Gasteiger partial charge in [-0.15, -0.1) is 0 Å². The van der Waals surface area contributed by atoms with Gasteiger partial charge < -0.3 is 20.1 Å². The standard InChI is InChI=1S/C27H27N3O5/c1-2-34-23-10-5-6-11-24(23)35-17-7-12-25(31)28-20-15-13-19(14-16-20)27(33)30-18-26(32)29-21-8-3-4-9-22(21)30/h3-6,8-11,13-16H,2,7,12,17-18H2,1H3,(H,28,31)(H,29,32). The molecule has 1 heterocycles. The predicted molar refractivity (Wildman–Crippen MR) is 134 cm³/mol. The van der Waals surface area contributed by atoms with Gasteiger partial charge in [0.15, 0.2) is 11.5 Å². The van der Waals surface area contributed by atoms with Crippen molar-refractivity contribution in [2.45, 2.75) is 19.8 Å². The van der Waals surface area contributed by atoms with Crippen molar-refractivity contribution in [2.24, 2.45) is 0 Å². The number of carbonyl (C=O) groups is 3. The molecule has 0 saturated carbocycles. The fourth-order valence-corrected chi connectivity index (χ4v) is 3.75. The average Bonchev–Trinajstić information content (AvgIpc) is 2.87. The van der Waals surface area contributed by atoms with Gasteiger partial charge in [-0.2, -0.15) is 0 Å². The van der Waals surface area contributed by atoms with Gasteiger partial charge in [0.25, 0.3) is 5.91 Å². The van der Waals surface area contributed by atoms with Gasteiger partial charge in [-0.1, -0.05) is 24.3 Å². The molecule has 0 atom stereocenters. The average molecular weight is 474 g/mol. The van der Waals surface area contributed by atoms with Crippen molar-refractivity contribution < 1.29 is 23.9 Å². The summed E-state index contributed by atoms with van der Waals surface area (Å²) in [6.07, 6.45) is 0.830. The van der Waals surface area contributed by atoms with Crippen LogP contribution in [0.25, 0.3) is 0 Å². The number of rotatable bonds is 9. The topological polar surface area (TPSA) is 97.0 Å². The van der Waals surface area contributed by atoms with Gasteiger partial charge in [0.1, 0.15) is 6.54 Å². The molecule has 0 spiro atoms. The fourth-order valence-electron chi connectivity index (χ4n) is 3.75. The Morgan fingerprint density at radius 2 is 1.63 bits per heavy atom. The van der Waals surface area contributed by atoms with E-state index in [1.807, 2.05) is 37.3 Å². The summed E-state index contributed by atoms with van der Waals surface area (Å²) in [6, 6.07) is 21.2. The summed E-state index contributed by atoms with van der Waals surface area (Å²) in [6.45, 7) is 2.80. The molecule has 0 unspecified atom stereocenters. The number of carbonyl (C=O) groups excluding carboxylic acids is 3. The second-order valence-corrected chi connectivity index (χ2v) is 7.91. The molecule has 3 aromatic rings. The first-order valence-corrected chi connectivity index (χ1v) is 11.5. The quantitative estimate of drug-likeness (QED) is 0.447. The zero-order chi connectivity index (χ0) is 24.6. The van der Waals surface area contributed by atoms with Crippen molar-refractivity contribution in [3.8, 4) is 11.5 Å². The monoisotopic (exact) mass is 473 g/mol. The van der Waals surface area contributed by atoms with Crippen LogP contribution in [-0.2, 0) is 9.59 Å². The smallest absolute Gasteiger partial charge is 0.258 e. The number of ether oxygens (including phenoxy) is 2. The van der Waals surface area contributed by atoms with Gasteiger partial charge in [0.05, 0.1) is 24.6 Å². The number of nitrogens with zero attached hydrogens (tertiary/aromatic N) is 1. The fraction of sp³-hybridized carbons (Fsp3) is 0.222. The Morgan fingerprint density at radius 3 is 2.37 bits per heavy atom. The van der Waals surface area contributed by atoms with Gasteiger partial charge >= 0.3 is 0 Å². The highest BCUT2D eigenvalue weighted by Gasteiger charge is 2.27. The summed E-state index contributed by atoms with van der Waals surface area (Å²) in [4.78, 5) is 38.8. The number of anilines is 3. The second-order valence-electron chi connectivity index (χ2n) is 7.91. The van der Waals surface area contributed by atoms with E-state index in [0.29, 0.717) is 53.8 Å². The Morgan fingerprint density at radius 1 is 0.943 bits per heavy atom. The number of para-hydroxylation sites is 4. The van der Waals surface area contributed by atoms with Crippen LogP contribution < -0.4 is 25.0 Å². The molecule has 3 aromatic carbocycles. The molecule has 35 heavy (non-hydrogen) atoms. The van der Waals surface area contributed by atoms with Gasteiger partial charge in [-0.3, -0.25) is 19.3 Å². The minimum atomic E-state index is -0.283. The molecule has 8 nitrogen and oxygen atoms in total. The predicted octanol–water partition coefficient (Wildman–Crippen LogP) is 4.48. The lowest BCUT2D eigenvalue weighted by molar-refractivity contribution is -0.116. The molecule has 1 aliphatic heterocycles. The summed E-state index contributed by atoms with van der Waals surface area (Å²) >= 11 is 0. The van der Waals surface area contributed by atoms with Crippen molar-refractivity contribution in [3.05, 3.63) is 78.4 Å². The highest BCUT2D eigenvalue weighted by Crippen LogP contribution is 2.30. The second kappa shape index (κ2) is 11.2. The lowest BCUT2D eigenvalue weighted by Crippen LogP contribution is -2.42. The molecular weight excluding hydrogens is 446 g/mol. The molecule has 0 aliphatic carbocycles.